The third-order valence-corrected chi connectivity index (χ3v) is 4.80. The molecule has 0 amide bonds. The van der Waals surface area contributed by atoms with Gasteiger partial charge in [-0.15, -0.1) is 0 Å². The van der Waals surface area contributed by atoms with Gasteiger partial charge in [-0.3, -0.25) is 9.59 Å². The molecule has 0 aromatic heterocycles. The molecule has 1 saturated carbocycles. The van der Waals surface area contributed by atoms with E-state index in [0.29, 0.717) is 6.42 Å². The molecule has 0 N–H and O–H groups in total. The van der Waals surface area contributed by atoms with Crippen LogP contribution in [0.4, 0.5) is 0 Å². The third-order valence-electron chi connectivity index (χ3n) is 4.80. The van der Waals surface area contributed by atoms with E-state index >= 15 is 0 Å². The fourth-order valence-electron chi connectivity index (χ4n) is 3.08. The van der Waals surface area contributed by atoms with Gasteiger partial charge >= 0.3 is 5.97 Å². The first-order valence-electron chi connectivity index (χ1n) is 7.22. The molecule has 1 fully saturated rings. The molecule has 0 aliphatic heterocycles. The Morgan fingerprint density at radius 3 is 2.35 bits per heavy atom. The Labute approximate surface area is 121 Å². The summed E-state index contributed by atoms with van der Waals surface area (Å²) in [6.45, 7) is 12.0. The van der Waals surface area contributed by atoms with Crippen molar-refractivity contribution in [3.8, 4) is 0 Å². The highest BCUT2D eigenvalue weighted by atomic mass is 16.5. The minimum absolute atomic E-state index is 0.0381. The number of carbonyl (C=O) groups excluding carboxylic acids is 2. The molecule has 2 rings (SSSR count). The Morgan fingerprint density at radius 1 is 1.30 bits per heavy atom. The minimum atomic E-state index is -0.348. The van der Waals surface area contributed by atoms with Crippen LogP contribution < -0.4 is 0 Å². The fourth-order valence-corrected chi connectivity index (χ4v) is 3.08. The average molecular weight is 276 g/mol. The lowest BCUT2D eigenvalue weighted by Gasteiger charge is -2.13. The SMILES string of the molecule is CC(C)=CC1C(C(=O)OC2CC(=O)C(C)=C2C)C1(C)C. The van der Waals surface area contributed by atoms with Crippen molar-refractivity contribution < 1.29 is 14.3 Å². The van der Waals surface area contributed by atoms with Crippen LogP contribution in [0.25, 0.3) is 0 Å². The number of carbonyl (C=O) groups is 2. The maximum absolute atomic E-state index is 12.3. The highest BCUT2D eigenvalue weighted by Crippen LogP contribution is 2.60. The van der Waals surface area contributed by atoms with Gasteiger partial charge in [-0.2, -0.15) is 0 Å². The van der Waals surface area contributed by atoms with Gasteiger partial charge in [-0.05, 0) is 50.2 Å². The maximum Gasteiger partial charge on any atom is 0.310 e. The van der Waals surface area contributed by atoms with Gasteiger partial charge in [0.05, 0.1) is 12.3 Å². The van der Waals surface area contributed by atoms with E-state index in [1.54, 1.807) is 6.92 Å². The number of esters is 1. The zero-order valence-corrected chi connectivity index (χ0v) is 13.2. The number of hydrogen-bond acceptors (Lipinski definition) is 3. The summed E-state index contributed by atoms with van der Waals surface area (Å²) in [5.74, 6) is 0.101. The van der Waals surface area contributed by atoms with Crippen LogP contribution in [0.5, 0.6) is 0 Å². The molecule has 0 radical (unpaired) electrons. The summed E-state index contributed by atoms with van der Waals surface area (Å²) < 4.78 is 5.59. The zero-order valence-electron chi connectivity index (χ0n) is 13.2. The number of Topliss-reactive ketones (excluding diaryl/α,β-unsaturated/α-hetero) is 1. The molecule has 3 nitrogen and oxygen atoms in total. The largest absolute Gasteiger partial charge is 0.457 e. The molecule has 0 saturated heterocycles. The molecule has 2 aliphatic carbocycles. The van der Waals surface area contributed by atoms with Crippen molar-refractivity contribution in [3.63, 3.8) is 0 Å². The Bertz CT molecular complexity index is 518. The summed E-state index contributed by atoms with van der Waals surface area (Å²) in [6.07, 6.45) is 2.11. The van der Waals surface area contributed by atoms with E-state index in [9.17, 15) is 9.59 Å². The zero-order chi connectivity index (χ0) is 15.2. The lowest BCUT2D eigenvalue weighted by atomic mass is 10.1. The monoisotopic (exact) mass is 276 g/mol. The maximum atomic E-state index is 12.3. The molecular weight excluding hydrogens is 252 g/mol. The van der Waals surface area contributed by atoms with Crippen molar-refractivity contribution in [2.24, 2.45) is 17.3 Å². The van der Waals surface area contributed by atoms with Crippen LogP contribution in [0.2, 0.25) is 0 Å². The quantitative estimate of drug-likeness (QED) is 0.586. The van der Waals surface area contributed by atoms with E-state index in [0.717, 1.165) is 11.1 Å². The normalized spacial score (nSPS) is 31.3. The Hall–Kier alpha value is -1.38. The Kier molecular flexibility index (Phi) is 3.66. The first-order chi connectivity index (χ1) is 9.16. The van der Waals surface area contributed by atoms with Gasteiger partial charge in [-0.1, -0.05) is 25.5 Å². The molecular formula is C17H24O3. The topological polar surface area (TPSA) is 43.4 Å². The summed E-state index contributed by atoms with van der Waals surface area (Å²) in [7, 11) is 0. The summed E-state index contributed by atoms with van der Waals surface area (Å²) in [5, 5.41) is 0. The average Bonchev–Trinajstić information content (AvgIpc) is 2.77. The van der Waals surface area contributed by atoms with Crippen molar-refractivity contribution in [2.45, 2.75) is 54.1 Å². The standard InChI is InChI=1S/C17H24O3/c1-9(2)7-12-15(17(12,5)6)16(19)20-14-8-13(18)10(3)11(14)4/h7,12,14-15H,8H2,1-6H3. The van der Waals surface area contributed by atoms with Crippen molar-refractivity contribution in [2.75, 3.05) is 0 Å². The van der Waals surface area contributed by atoms with Gasteiger partial charge in [0.1, 0.15) is 6.10 Å². The first kappa shape index (κ1) is 15.0. The predicted octanol–water partition coefficient (Wildman–Crippen LogP) is 3.45. The van der Waals surface area contributed by atoms with E-state index in [4.69, 9.17) is 4.74 Å². The first-order valence-corrected chi connectivity index (χ1v) is 7.22. The second kappa shape index (κ2) is 4.87. The van der Waals surface area contributed by atoms with Crippen LogP contribution in [0.3, 0.4) is 0 Å². The van der Waals surface area contributed by atoms with Gasteiger partial charge in [0.25, 0.3) is 0 Å². The summed E-state index contributed by atoms with van der Waals surface area (Å²) in [5.41, 5.74) is 2.84. The van der Waals surface area contributed by atoms with Crippen LogP contribution in [0, 0.1) is 17.3 Å². The minimum Gasteiger partial charge on any atom is -0.457 e. The molecule has 3 heteroatoms. The van der Waals surface area contributed by atoms with Gasteiger partial charge in [0.2, 0.25) is 0 Å². The fraction of sp³-hybridized carbons (Fsp3) is 0.647. The highest BCUT2D eigenvalue weighted by molar-refractivity contribution is 5.99. The molecule has 2 aliphatic rings. The van der Waals surface area contributed by atoms with Crippen LogP contribution in [0.1, 0.15) is 48.0 Å². The van der Waals surface area contributed by atoms with Crippen molar-refractivity contribution in [1.82, 2.24) is 0 Å². The number of hydrogen-bond donors (Lipinski definition) is 0. The van der Waals surface area contributed by atoms with Gasteiger partial charge in [-0.25, -0.2) is 0 Å². The molecule has 0 aromatic rings. The van der Waals surface area contributed by atoms with E-state index in [-0.39, 0.29) is 35.1 Å². The third kappa shape index (κ3) is 2.46. The molecule has 0 bridgehead atoms. The second-order valence-corrected chi connectivity index (χ2v) is 6.93. The molecule has 20 heavy (non-hydrogen) atoms. The van der Waals surface area contributed by atoms with E-state index in [1.165, 1.54) is 5.57 Å². The van der Waals surface area contributed by atoms with Crippen LogP contribution >= 0.6 is 0 Å². The van der Waals surface area contributed by atoms with Crippen LogP contribution in [-0.2, 0) is 14.3 Å². The molecule has 0 spiro atoms. The molecule has 0 aromatic carbocycles. The molecule has 110 valence electrons. The lowest BCUT2D eigenvalue weighted by Crippen LogP contribution is -2.20. The lowest BCUT2D eigenvalue weighted by molar-refractivity contribution is -0.150. The molecule has 3 atom stereocenters. The van der Waals surface area contributed by atoms with E-state index in [2.05, 4.69) is 19.9 Å². The van der Waals surface area contributed by atoms with Gasteiger partial charge in [0, 0.05) is 0 Å². The summed E-state index contributed by atoms with van der Waals surface area (Å²) in [4.78, 5) is 24.0. The van der Waals surface area contributed by atoms with Crippen LogP contribution in [-0.4, -0.2) is 17.9 Å². The predicted molar refractivity (Wildman–Crippen MR) is 78.1 cm³/mol. The number of rotatable bonds is 3. The van der Waals surface area contributed by atoms with E-state index < -0.39 is 0 Å². The summed E-state index contributed by atoms with van der Waals surface area (Å²) in [6, 6.07) is 0. The number of ketones is 1. The number of ether oxygens (including phenoxy) is 1. The Morgan fingerprint density at radius 2 is 1.90 bits per heavy atom. The molecule has 3 unspecified atom stereocenters. The molecule has 0 heterocycles. The van der Waals surface area contributed by atoms with Crippen LogP contribution in [0.15, 0.2) is 22.8 Å². The number of allylic oxidation sites excluding steroid dienone is 3. The van der Waals surface area contributed by atoms with Gasteiger partial charge in [0.15, 0.2) is 5.78 Å². The highest BCUT2D eigenvalue weighted by Gasteiger charge is 2.61. The second-order valence-electron chi connectivity index (χ2n) is 6.93. The van der Waals surface area contributed by atoms with Crippen molar-refractivity contribution in [3.05, 3.63) is 22.8 Å². The van der Waals surface area contributed by atoms with Crippen molar-refractivity contribution >= 4 is 11.8 Å². The Balaban J connectivity index is 2.05. The summed E-state index contributed by atoms with van der Waals surface area (Å²) >= 11 is 0. The van der Waals surface area contributed by atoms with E-state index in [1.807, 2.05) is 20.8 Å². The van der Waals surface area contributed by atoms with Gasteiger partial charge < -0.3 is 4.74 Å². The van der Waals surface area contributed by atoms with Crippen molar-refractivity contribution in [1.29, 1.82) is 0 Å². The smallest absolute Gasteiger partial charge is 0.310 e.